The number of rotatable bonds is 4. The van der Waals surface area contributed by atoms with Crippen LogP contribution in [0.15, 0.2) is 47.4 Å². The minimum absolute atomic E-state index is 0.0610. The second kappa shape index (κ2) is 8.67. The lowest BCUT2D eigenvalue weighted by atomic mass is 10.2. The Morgan fingerprint density at radius 1 is 1.12 bits per heavy atom. The third kappa shape index (κ3) is 4.34. The molecule has 3 amide bonds. The van der Waals surface area contributed by atoms with E-state index in [0.29, 0.717) is 22.9 Å². The second-order valence-corrected chi connectivity index (χ2v) is 9.40. The maximum atomic E-state index is 13.1. The monoisotopic (exact) mass is 460 g/mol. The van der Waals surface area contributed by atoms with E-state index in [1.807, 2.05) is 0 Å². The highest BCUT2D eigenvalue weighted by atomic mass is 32.2. The Balaban J connectivity index is 1.39. The molecule has 0 bridgehead atoms. The molecule has 0 saturated carbocycles. The van der Waals surface area contributed by atoms with Gasteiger partial charge in [0.25, 0.3) is 5.91 Å². The number of hydrogen-bond acceptors (Lipinski definition) is 6. The first-order valence-electron chi connectivity index (χ1n) is 10.1. The number of anilines is 2. The van der Waals surface area contributed by atoms with Crippen LogP contribution in [0.25, 0.3) is 0 Å². The van der Waals surface area contributed by atoms with E-state index in [-0.39, 0.29) is 43.0 Å². The van der Waals surface area contributed by atoms with Crippen LogP contribution in [-0.2, 0) is 14.8 Å². The largest absolute Gasteiger partial charge is 0.497 e. The zero-order valence-corrected chi connectivity index (χ0v) is 18.5. The molecule has 0 unspecified atom stereocenters. The molecule has 32 heavy (non-hydrogen) atoms. The van der Waals surface area contributed by atoms with Gasteiger partial charge in [-0.25, -0.2) is 13.2 Å². The summed E-state index contributed by atoms with van der Waals surface area (Å²) < 4.78 is 38.1. The lowest BCUT2D eigenvalue weighted by Crippen LogP contribution is -2.51. The van der Waals surface area contributed by atoms with Crippen molar-refractivity contribution in [2.24, 2.45) is 0 Å². The van der Waals surface area contributed by atoms with Gasteiger partial charge in [0.05, 0.1) is 17.7 Å². The van der Waals surface area contributed by atoms with Crippen molar-refractivity contribution in [2.75, 3.05) is 43.9 Å². The Bertz CT molecular complexity index is 1130. The van der Waals surface area contributed by atoms with Crippen LogP contribution in [0, 0.1) is 0 Å². The van der Waals surface area contributed by atoms with Crippen molar-refractivity contribution in [1.82, 2.24) is 9.21 Å². The van der Waals surface area contributed by atoms with E-state index in [4.69, 9.17) is 9.47 Å². The normalized spacial score (nSPS) is 18.9. The first-order valence-corrected chi connectivity index (χ1v) is 11.5. The van der Waals surface area contributed by atoms with E-state index >= 15 is 0 Å². The SMILES string of the molecule is COc1ccc(NC(=O)N2CCN(S(=O)(=O)c3ccc4c(c3)NC(=O)[C@@H](C)O4)CC2)cc1. The predicted octanol–water partition coefficient (Wildman–Crippen LogP) is 1.95. The van der Waals surface area contributed by atoms with Crippen LogP contribution >= 0.6 is 0 Å². The number of nitrogens with one attached hydrogen (secondary N) is 2. The number of fused-ring (bicyclic) bond motifs is 1. The number of ether oxygens (including phenoxy) is 2. The first-order chi connectivity index (χ1) is 15.3. The molecule has 2 aliphatic heterocycles. The highest BCUT2D eigenvalue weighted by Crippen LogP contribution is 2.33. The van der Waals surface area contributed by atoms with Gasteiger partial charge >= 0.3 is 6.03 Å². The summed E-state index contributed by atoms with van der Waals surface area (Å²) in [6, 6.07) is 11.1. The fourth-order valence-corrected chi connectivity index (χ4v) is 4.95. The van der Waals surface area contributed by atoms with E-state index in [0.717, 1.165) is 0 Å². The number of hydrogen-bond donors (Lipinski definition) is 2. The van der Waals surface area contributed by atoms with Crippen molar-refractivity contribution in [1.29, 1.82) is 0 Å². The molecule has 1 fully saturated rings. The molecular formula is C21H24N4O6S. The van der Waals surface area contributed by atoms with Crippen LogP contribution in [0.2, 0.25) is 0 Å². The molecule has 4 rings (SSSR count). The fourth-order valence-electron chi connectivity index (χ4n) is 3.51. The molecule has 2 aliphatic rings. The van der Waals surface area contributed by atoms with Crippen molar-refractivity contribution in [3.05, 3.63) is 42.5 Å². The minimum atomic E-state index is -3.79. The molecule has 1 atom stereocenters. The quantitative estimate of drug-likeness (QED) is 0.720. The Morgan fingerprint density at radius 3 is 2.47 bits per heavy atom. The molecule has 2 aromatic rings. The van der Waals surface area contributed by atoms with Gasteiger partial charge in [0.2, 0.25) is 10.0 Å². The average molecular weight is 461 g/mol. The summed E-state index contributed by atoms with van der Waals surface area (Å²) in [6.45, 7) is 2.45. The molecule has 11 heteroatoms. The molecule has 0 aliphatic carbocycles. The minimum Gasteiger partial charge on any atom is -0.497 e. The van der Waals surface area contributed by atoms with Gasteiger partial charge in [-0.2, -0.15) is 4.31 Å². The summed E-state index contributed by atoms with van der Waals surface area (Å²) in [5, 5.41) is 5.46. The Kier molecular flexibility index (Phi) is 5.94. The zero-order chi connectivity index (χ0) is 22.9. The van der Waals surface area contributed by atoms with Gasteiger partial charge in [-0.05, 0) is 49.4 Å². The van der Waals surface area contributed by atoms with Crippen molar-refractivity contribution in [3.63, 3.8) is 0 Å². The van der Waals surface area contributed by atoms with Gasteiger partial charge in [-0.15, -0.1) is 0 Å². The van der Waals surface area contributed by atoms with E-state index in [9.17, 15) is 18.0 Å². The van der Waals surface area contributed by atoms with Gasteiger partial charge in [0.1, 0.15) is 11.5 Å². The summed E-state index contributed by atoms with van der Waals surface area (Å²) >= 11 is 0. The maximum Gasteiger partial charge on any atom is 0.321 e. The number of benzene rings is 2. The van der Waals surface area contributed by atoms with Crippen LogP contribution in [0.3, 0.4) is 0 Å². The molecule has 2 aromatic carbocycles. The lowest BCUT2D eigenvalue weighted by Gasteiger charge is -2.34. The topological polar surface area (TPSA) is 117 Å². The predicted molar refractivity (Wildman–Crippen MR) is 118 cm³/mol. The van der Waals surface area contributed by atoms with Crippen molar-refractivity contribution >= 4 is 33.3 Å². The van der Waals surface area contributed by atoms with Crippen LogP contribution in [-0.4, -0.2) is 69.0 Å². The number of carbonyl (C=O) groups is 2. The highest BCUT2D eigenvalue weighted by molar-refractivity contribution is 7.89. The van der Waals surface area contributed by atoms with Crippen LogP contribution < -0.4 is 20.1 Å². The van der Waals surface area contributed by atoms with Crippen LogP contribution in [0.4, 0.5) is 16.2 Å². The third-order valence-electron chi connectivity index (χ3n) is 5.39. The molecule has 2 heterocycles. The van der Waals surface area contributed by atoms with Crippen LogP contribution in [0.1, 0.15) is 6.92 Å². The molecule has 0 spiro atoms. The van der Waals surface area contributed by atoms with Gasteiger partial charge in [-0.1, -0.05) is 0 Å². The van der Waals surface area contributed by atoms with Gasteiger partial charge in [0.15, 0.2) is 6.10 Å². The number of carbonyl (C=O) groups excluding carboxylic acids is 2. The molecule has 0 aromatic heterocycles. The van der Waals surface area contributed by atoms with Crippen molar-refractivity contribution < 1.29 is 27.5 Å². The fraction of sp³-hybridized carbons (Fsp3) is 0.333. The summed E-state index contributed by atoms with van der Waals surface area (Å²) in [5.41, 5.74) is 0.949. The highest BCUT2D eigenvalue weighted by Gasteiger charge is 2.32. The Hall–Kier alpha value is -3.31. The molecule has 10 nitrogen and oxygen atoms in total. The summed E-state index contributed by atoms with van der Waals surface area (Å²) in [7, 11) is -2.22. The standard InChI is InChI=1S/C21H24N4O6S/c1-14-20(26)23-18-13-17(7-8-19(18)31-14)32(28,29)25-11-9-24(10-12-25)21(27)22-15-3-5-16(30-2)6-4-15/h3-8,13-14H,9-12H2,1-2H3,(H,22,27)(H,23,26)/t14-/m1/s1. The molecular weight excluding hydrogens is 436 g/mol. The Labute approximate surface area is 186 Å². The first kappa shape index (κ1) is 21.9. The third-order valence-corrected chi connectivity index (χ3v) is 7.28. The maximum absolute atomic E-state index is 13.1. The number of sulfonamides is 1. The van der Waals surface area contributed by atoms with Gasteiger partial charge < -0.3 is 25.0 Å². The number of nitrogens with zero attached hydrogens (tertiary/aromatic N) is 2. The van der Waals surface area contributed by atoms with Crippen molar-refractivity contribution in [3.8, 4) is 11.5 Å². The average Bonchev–Trinajstić information content (AvgIpc) is 2.80. The molecule has 2 N–H and O–H groups in total. The van der Waals surface area contributed by atoms with E-state index in [1.54, 1.807) is 43.2 Å². The molecule has 170 valence electrons. The smallest absolute Gasteiger partial charge is 0.321 e. The van der Waals surface area contributed by atoms with Gasteiger partial charge in [0, 0.05) is 31.9 Å². The van der Waals surface area contributed by atoms with E-state index < -0.39 is 16.1 Å². The number of amides is 3. The van der Waals surface area contributed by atoms with Gasteiger partial charge in [-0.3, -0.25) is 4.79 Å². The number of piperazine rings is 1. The second-order valence-electron chi connectivity index (χ2n) is 7.46. The molecule has 1 saturated heterocycles. The summed E-state index contributed by atoms with van der Waals surface area (Å²) in [4.78, 5) is 26.0. The number of methoxy groups -OCH3 is 1. The molecule has 0 radical (unpaired) electrons. The van der Waals surface area contributed by atoms with E-state index in [1.165, 1.54) is 22.5 Å². The van der Waals surface area contributed by atoms with Crippen molar-refractivity contribution in [2.45, 2.75) is 17.9 Å². The van der Waals surface area contributed by atoms with Crippen LogP contribution in [0.5, 0.6) is 11.5 Å². The van der Waals surface area contributed by atoms with E-state index in [2.05, 4.69) is 10.6 Å². The summed E-state index contributed by atoms with van der Waals surface area (Å²) in [6.07, 6.45) is -0.637. The zero-order valence-electron chi connectivity index (χ0n) is 17.7. The Morgan fingerprint density at radius 2 is 1.81 bits per heavy atom. The lowest BCUT2D eigenvalue weighted by molar-refractivity contribution is -0.122. The number of urea groups is 1. The summed E-state index contributed by atoms with van der Waals surface area (Å²) in [5.74, 6) is 0.782.